The second-order valence-corrected chi connectivity index (χ2v) is 5.36. The van der Waals surface area contributed by atoms with Gasteiger partial charge in [-0.3, -0.25) is 0 Å². The number of methoxy groups -OCH3 is 2. The molecule has 0 saturated heterocycles. The number of hydrogen-bond acceptors (Lipinski definition) is 3. The molecule has 3 N–H and O–H groups in total. The molecule has 3 rings (SSSR count). The van der Waals surface area contributed by atoms with Gasteiger partial charge in [0.15, 0.2) is 0 Å². The Bertz CT molecular complexity index is 627. The molecule has 102 valence electrons. The molecular weight excluding hydrogens is 240 g/mol. The summed E-state index contributed by atoms with van der Waals surface area (Å²) in [6, 6.07) is 3.98. The van der Waals surface area contributed by atoms with E-state index < -0.39 is 0 Å². The SMILES string of the molecule is COc1cc(OC)c2[nH]c(C)c(C3(CN)CC3)c2c1. The van der Waals surface area contributed by atoms with Crippen LogP contribution in [0.15, 0.2) is 12.1 Å². The summed E-state index contributed by atoms with van der Waals surface area (Å²) in [4.78, 5) is 3.44. The van der Waals surface area contributed by atoms with Crippen LogP contribution in [0.25, 0.3) is 10.9 Å². The van der Waals surface area contributed by atoms with Crippen LogP contribution in [0.1, 0.15) is 24.1 Å². The van der Waals surface area contributed by atoms with Gasteiger partial charge in [0.05, 0.1) is 19.7 Å². The van der Waals surface area contributed by atoms with E-state index in [-0.39, 0.29) is 5.41 Å². The fourth-order valence-electron chi connectivity index (χ4n) is 3.04. The minimum atomic E-state index is 0.152. The smallest absolute Gasteiger partial charge is 0.146 e. The number of benzene rings is 1. The molecule has 4 nitrogen and oxygen atoms in total. The quantitative estimate of drug-likeness (QED) is 0.888. The molecule has 0 unspecified atom stereocenters. The van der Waals surface area contributed by atoms with Crippen molar-refractivity contribution in [2.75, 3.05) is 20.8 Å². The molecule has 0 atom stereocenters. The number of hydrogen-bond donors (Lipinski definition) is 2. The van der Waals surface area contributed by atoms with E-state index in [0.717, 1.165) is 29.9 Å². The van der Waals surface area contributed by atoms with Gasteiger partial charge in [0.25, 0.3) is 0 Å². The Morgan fingerprint density at radius 1 is 1.26 bits per heavy atom. The predicted octanol–water partition coefficient (Wildman–Crippen LogP) is 2.48. The summed E-state index contributed by atoms with van der Waals surface area (Å²) >= 11 is 0. The number of ether oxygens (including phenoxy) is 2. The van der Waals surface area contributed by atoms with Crippen molar-refractivity contribution >= 4 is 10.9 Å². The maximum absolute atomic E-state index is 5.98. The molecule has 1 saturated carbocycles. The van der Waals surface area contributed by atoms with Gasteiger partial charge >= 0.3 is 0 Å². The summed E-state index contributed by atoms with van der Waals surface area (Å²) in [6.07, 6.45) is 2.33. The summed E-state index contributed by atoms with van der Waals surface area (Å²) in [5, 5.41) is 1.18. The summed E-state index contributed by atoms with van der Waals surface area (Å²) in [5.41, 5.74) is 9.69. The van der Waals surface area contributed by atoms with Crippen LogP contribution in [0, 0.1) is 6.92 Å². The van der Waals surface area contributed by atoms with E-state index >= 15 is 0 Å². The first kappa shape index (κ1) is 12.4. The van der Waals surface area contributed by atoms with Crippen LogP contribution in [0.5, 0.6) is 11.5 Å². The molecule has 0 amide bonds. The summed E-state index contributed by atoms with van der Waals surface area (Å²) < 4.78 is 10.8. The van der Waals surface area contributed by atoms with Crippen LogP contribution in [0.3, 0.4) is 0 Å². The van der Waals surface area contributed by atoms with Gasteiger partial charge in [0, 0.05) is 29.1 Å². The average molecular weight is 260 g/mol. The van der Waals surface area contributed by atoms with Gasteiger partial charge in [0.2, 0.25) is 0 Å². The number of aryl methyl sites for hydroxylation is 1. The number of nitrogens with one attached hydrogen (secondary N) is 1. The molecular formula is C15H20N2O2. The minimum absolute atomic E-state index is 0.152. The van der Waals surface area contributed by atoms with Crippen LogP contribution in [-0.2, 0) is 5.41 Å². The van der Waals surface area contributed by atoms with E-state index in [4.69, 9.17) is 15.2 Å². The van der Waals surface area contributed by atoms with Crippen LogP contribution in [0.4, 0.5) is 0 Å². The molecule has 1 fully saturated rings. The number of aromatic nitrogens is 1. The van der Waals surface area contributed by atoms with Gasteiger partial charge in [0.1, 0.15) is 11.5 Å². The van der Waals surface area contributed by atoms with E-state index in [1.807, 2.05) is 6.07 Å². The Balaban J connectivity index is 2.30. The molecule has 1 aliphatic rings. The maximum Gasteiger partial charge on any atom is 0.146 e. The topological polar surface area (TPSA) is 60.3 Å². The summed E-state index contributed by atoms with van der Waals surface area (Å²) in [7, 11) is 3.36. The van der Waals surface area contributed by atoms with Crippen molar-refractivity contribution in [1.82, 2.24) is 4.98 Å². The highest BCUT2D eigenvalue weighted by Crippen LogP contribution is 2.52. The highest BCUT2D eigenvalue weighted by molar-refractivity contribution is 5.92. The van der Waals surface area contributed by atoms with Crippen LogP contribution < -0.4 is 15.2 Å². The second kappa shape index (κ2) is 4.17. The Morgan fingerprint density at radius 3 is 2.53 bits per heavy atom. The van der Waals surface area contributed by atoms with Gasteiger partial charge in [-0.1, -0.05) is 0 Å². The lowest BCUT2D eigenvalue weighted by atomic mass is 9.93. The number of H-pyrrole nitrogens is 1. The highest BCUT2D eigenvalue weighted by Gasteiger charge is 2.45. The fraction of sp³-hybridized carbons (Fsp3) is 0.467. The van der Waals surface area contributed by atoms with Gasteiger partial charge < -0.3 is 20.2 Å². The third-order valence-corrected chi connectivity index (χ3v) is 4.26. The number of nitrogens with two attached hydrogens (primary N) is 1. The van der Waals surface area contributed by atoms with Crippen molar-refractivity contribution in [2.24, 2.45) is 5.73 Å². The van der Waals surface area contributed by atoms with Crippen molar-refractivity contribution in [1.29, 1.82) is 0 Å². The molecule has 0 aliphatic heterocycles. The Morgan fingerprint density at radius 2 is 2.00 bits per heavy atom. The van der Waals surface area contributed by atoms with Crippen LogP contribution >= 0.6 is 0 Å². The van der Waals surface area contributed by atoms with Crippen molar-refractivity contribution in [3.63, 3.8) is 0 Å². The third kappa shape index (κ3) is 1.70. The molecule has 4 heteroatoms. The van der Waals surface area contributed by atoms with Crippen LogP contribution in [-0.4, -0.2) is 25.7 Å². The second-order valence-electron chi connectivity index (χ2n) is 5.36. The molecule has 1 heterocycles. The molecule has 1 aliphatic carbocycles. The van der Waals surface area contributed by atoms with E-state index in [0.29, 0.717) is 6.54 Å². The lowest BCUT2D eigenvalue weighted by molar-refractivity contribution is 0.397. The van der Waals surface area contributed by atoms with Gasteiger partial charge in [-0.15, -0.1) is 0 Å². The number of aromatic amines is 1. The number of rotatable bonds is 4. The first-order chi connectivity index (χ1) is 9.15. The third-order valence-electron chi connectivity index (χ3n) is 4.26. The Hall–Kier alpha value is -1.68. The lowest BCUT2D eigenvalue weighted by Gasteiger charge is -2.14. The van der Waals surface area contributed by atoms with Crippen molar-refractivity contribution in [3.05, 3.63) is 23.4 Å². The molecule has 0 spiro atoms. The van der Waals surface area contributed by atoms with Gasteiger partial charge in [-0.25, -0.2) is 0 Å². The first-order valence-electron chi connectivity index (χ1n) is 6.60. The molecule has 1 aromatic heterocycles. The van der Waals surface area contributed by atoms with E-state index in [9.17, 15) is 0 Å². The lowest BCUT2D eigenvalue weighted by Crippen LogP contribution is -2.20. The highest BCUT2D eigenvalue weighted by atomic mass is 16.5. The Kier molecular flexibility index (Phi) is 2.71. The predicted molar refractivity (Wildman–Crippen MR) is 76.1 cm³/mol. The largest absolute Gasteiger partial charge is 0.497 e. The van der Waals surface area contributed by atoms with Crippen molar-refractivity contribution in [2.45, 2.75) is 25.2 Å². The fourth-order valence-corrected chi connectivity index (χ4v) is 3.04. The van der Waals surface area contributed by atoms with E-state index in [1.165, 1.54) is 16.6 Å². The molecule has 19 heavy (non-hydrogen) atoms. The zero-order chi connectivity index (χ0) is 13.6. The Labute approximate surface area is 112 Å². The minimum Gasteiger partial charge on any atom is -0.497 e. The van der Waals surface area contributed by atoms with Crippen molar-refractivity contribution < 1.29 is 9.47 Å². The zero-order valence-electron chi connectivity index (χ0n) is 11.7. The number of fused-ring (bicyclic) bond motifs is 1. The van der Waals surface area contributed by atoms with Crippen molar-refractivity contribution in [3.8, 4) is 11.5 Å². The molecule has 0 bridgehead atoms. The van der Waals surface area contributed by atoms with Crippen LogP contribution in [0.2, 0.25) is 0 Å². The summed E-state index contributed by atoms with van der Waals surface area (Å²) in [6.45, 7) is 2.80. The molecule has 1 aromatic carbocycles. The maximum atomic E-state index is 5.98. The zero-order valence-corrected chi connectivity index (χ0v) is 11.7. The van der Waals surface area contributed by atoms with Gasteiger partial charge in [-0.05, 0) is 31.4 Å². The van der Waals surface area contributed by atoms with E-state index in [2.05, 4.69) is 18.0 Å². The average Bonchev–Trinajstić information content (AvgIpc) is 3.14. The molecule has 0 radical (unpaired) electrons. The van der Waals surface area contributed by atoms with E-state index in [1.54, 1.807) is 14.2 Å². The normalized spacial score (nSPS) is 16.6. The molecule has 2 aromatic rings. The standard InChI is InChI=1S/C15H20N2O2/c1-9-13(15(8-16)4-5-15)11-6-10(18-2)7-12(19-3)14(11)17-9/h6-7,17H,4-5,8,16H2,1-3H3. The van der Waals surface area contributed by atoms with Gasteiger partial charge in [-0.2, -0.15) is 0 Å². The summed E-state index contributed by atoms with van der Waals surface area (Å²) in [5.74, 6) is 1.63. The first-order valence-corrected chi connectivity index (χ1v) is 6.60. The monoisotopic (exact) mass is 260 g/mol.